The maximum Gasteiger partial charge on any atom is 0.266 e. The fourth-order valence-corrected chi connectivity index (χ4v) is 3.30. The van der Waals surface area contributed by atoms with Crippen molar-refractivity contribution in [2.75, 3.05) is 7.11 Å². The lowest BCUT2D eigenvalue weighted by Gasteiger charge is -2.11. The molecule has 0 bridgehead atoms. The molecule has 0 saturated carbocycles. The summed E-state index contributed by atoms with van der Waals surface area (Å²) in [6.45, 7) is 0.228. The van der Waals surface area contributed by atoms with E-state index in [1.165, 1.54) is 30.1 Å². The molecule has 7 nitrogen and oxygen atoms in total. The summed E-state index contributed by atoms with van der Waals surface area (Å²) >= 11 is 6.42. The number of carbonyl (C=O) groups excluding carboxylic acids is 1. The lowest BCUT2D eigenvalue weighted by Crippen LogP contribution is -2.27. The molecule has 1 aromatic heterocycles. The number of thiocarbonyl (C=S) groups is 1. The molecule has 118 valence electrons. The molecule has 2 aromatic rings. The average molecular weight is 348 g/mol. The number of hydrogen-bond donors (Lipinski definition) is 2. The molecule has 1 aliphatic rings. The van der Waals surface area contributed by atoms with Crippen LogP contribution in [-0.2, 0) is 11.3 Å². The number of carbonyl (C=O) groups is 1. The van der Waals surface area contributed by atoms with Crippen molar-refractivity contribution in [3.05, 3.63) is 40.8 Å². The van der Waals surface area contributed by atoms with Gasteiger partial charge in [-0.05, 0) is 12.1 Å². The van der Waals surface area contributed by atoms with Crippen LogP contribution in [0.5, 0.6) is 11.5 Å². The van der Waals surface area contributed by atoms with E-state index in [2.05, 4.69) is 15.2 Å². The number of aromatic amines is 1. The van der Waals surface area contributed by atoms with E-state index in [-0.39, 0.29) is 18.2 Å². The predicted octanol–water partition coefficient (Wildman–Crippen LogP) is 1.92. The van der Waals surface area contributed by atoms with Crippen LogP contribution in [-0.4, -0.2) is 42.5 Å². The molecule has 3 rings (SSSR count). The van der Waals surface area contributed by atoms with Crippen LogP contribution in [0.3, 0.4) is 0 Å². The topological polar surface area (TPSA) is 91.3 Å². The van der Waals surface area contributed by atoms with Gasteiger partial charge in [-0.1, -0.05) is 36.1 Å². The number of phenols is 1. The Morgan fingerprint density at radius 3 is 3.04 bits per heavy atom. The van der Waals surface area contributed by atoms with Crippen molar-refractivity contribution in [1.29, 1.82) is 0 Å². The largest absolute Gasteiger partial charge is 0.504 e. The van der Waals surface area contributed by atoms with E-state index in [0.29, 0.717) is 26.4 Å². The van der Waals surface area contributed by atoms with Crippen LogP contribution in [0.25, 0.3) is 6.08 Å². The molecular formula is C14H12N4O3S2. The second kappa shape index (κ2) is 6.39. The standard InChI is InChI=1S/C14H12N4O3S2/c1-21-9-4-2-3-8(12(9)19)5-10-13(20)18(14(22)23-10)6-11-15-7-16-17-11/h2-5,7,19H,6H2,1H3,(H,15,16,17)/b10-5-. The van der Waals surface area contributed by atoms with Crippen molar-refractivity contribution >= 4 is 40.3 Å². The third-order valence-electron chi connectivity index (χ3n) is 3.18. The summed E-state index contributed by atoms with van der Waals surface area (Å²) < 4.78 is 5.49. The molecule has 0 spiro atoms. The Morgan fingerprint density at radius 2 is 2.35 bits per heavy atom. The number of amides is 1. The Hall–Kier alpha value is -2.39. The van der Waals surface area contributed by atoms with E-state index < -0.39 is 0 Å². The Kier molecular flexibility index (Phi) is 4.30. The molecule has 2 N–H and O–H groups in total. The summed E-state index contributed by atoms with van der Waals surface area (Å²) in [7, 11) is 1.47. The molecule has 23 heavy (non-hydrogen) atoms. The smallest absolute Gasteiger partial charge is 0.266 e. The molecule has 0 aliphatic carbocycles. The molecule has 1 aliphatic heterocycles. The number of hydrogen-bond acceptors (Lipinski definition) is 7. The van der Waals surface area contributed by atoms with E-state index >= 15 is 0 Å². The first-order valence-corrected chi connectivity index (χ1v) is 7.78. The van der Waals surface area contributed by atoms with Crippen molar-refractivity contribution in [2.45, 2.75) is 6.54 Å². The molecule has 1 fully saturated rings. The van der Waals surface area contributed by atoms with Crippen LogP contribution >= 0.6 is 24.0 Å². The molecule has 9 heteroatoms. The number of nitrogens with one attached hydrogen (secondary N) is 1. The van der Waals surface area contributed by atoms with E-state index in [0.717, 1.165) is 0 Å². The lowest BCUT2D eigenvalue weighted by atomic mass is 10.1. The normalized spacial score (nSPS) is 16.4. The third kappa shape index (κ3) is 3.06. The Balaban J connectivity index is 1.87. The number of benzene rings is 1. The monoisotopic (exact) mass is 348 g/mol. The van der Waals surface area contributed by atoms with Crippen LogP contribution in [0.4, 0.5) is 0 Å². The number of aromatic hydroxyl groups is 1. The fraction of sp³-hybridized carbons (Fsp3) is 0.143. The number of aromatic nitrogens is 3. The number of nitrogens with zero attached hydrogens (tertiary/aromatic N) is 3. The molecule has 1 saturated heterocycles. The number of phenolic OH excluding ortho intramolecular Hbond substituents is 1. The Bertz CT molecular complexity index is 789. The van der Waals surface area contributed by atoms with Crippen LogP contribution in [0.1, 0.15) is 11.4 Å². The second-order valence-electron chi connectivity index (χ2n) is 4.60. The van der Waals surface area contributed by atoms with Gasteiger partial charge in [-0.2, -0.15) is 5.10 Å². The second-order valence-corrected chi connectivity index (χ2v) is 6.27. The van der Waals surface area contributed by atoms with Gasteiger partial charge in [0.1, 0.15) is 16.5 Å². The van der Waals surface area contributed by atoms with Gasteiger partial charge in [-0.25, -0.2) is 4.98 Å². The quantitative estimate of drug-likeness (QED) is 0.644. The van der Waals surface area contributed by atoms with E-state index in [1.807, 2.05) is 0 Å². The summed E-state index contributed by atoms with van der Waals surface area (Å²) in [5, 5.41) is 16.6. The van der Waals surface area contributed by atoms with Gasteiger partial charge in [0.05, 0.1) is 18.6 Å². The van der Waals surface area contributed by atoms with Crippen molar-refractivity contribution in [3.63, 3.8) is 0 Å². The van der Waals surface area contributed by atoms with Gasteiger partial charge in [0.25, 0.3) is 5.91 Å². The molecule has 2 heterocycles. The van der Waals surface area contributed by atoms with Gasteiger partial charge >= 0.3 is 0 Å². The van der Waals surface area contributed by atoms with Crippen LogP contribution in [0, 0.1) is 0 Å². The first-order chi connectivity index (χ1) is 11.1. The molecule has 0 radical (unpaired) electrons. The van der Waals surface area contributed by atoms with Crippen LogP contribution in [0.15, 0.2) is 29.4 Å². The number of rotatable bonds is 4. The number of ether oxygens (including phenoxy) is 1. The van der Waals surface area contributed by atoms with E-state index in [4.69, 9.17) is 17.0 Å². The minimum absolute atomic E-state index is 0.0181. The molecule has 1 aromatic carbocycles. The third-order valence-corrected chi connectivity index (χ3v) is 4.56. The zero-order valence-electron chi connectivity index (χ0n) is 12.0. The molecule has 1 amide bonds. The number of para-hydroxylation sites is 1. The minimum Gasteiger partial charge on any atom is -0.504 e. The molecule has 0 atom stereocenters. The van der Waals surface area contributed by atoms with Crippen LogP contribution in [0.2, 0.25) is 0 Å². The summed E-state index contributed by atoms with van der Waals surface area (Å²) in [5.41, 5.74) is 0.490. The first kappa shape index (κ1) is 15.5. The highest BCUT2D eigenvalue weighted by Gasteiger charge is 2.32. The van der Waals surface area contributed by atoms with Gasteiger partial charge in [0, 0.05) is 5.56 Å². The van der Waals surface area contributed by atoms with Crippen molar-refractivity contribution in [3.8, 4) is 11.5 Å². The maximum absolute atomic E-state index is 12.5. The Morgan fingerprint density at radius 1 is 1.52 bits per heavy atom. The first-order valence-electron chi connectivity index (χ1n) is 6.55. The molecule has 0 unspecified atom stereocenters. The maximum atomic E-state index is 12.5. The highest BCUT2D eigenvalue weighted by molar-refractivity contribution is 8.26. The summed E-state index contributed by atoms with van der Waals surface area (Å²) in [4.78, 5) is 18.3. The number of H-pyrrole nitrogens is 1. The van der Waals surface area contributed by atoms with Crippen molar-refractivity contribution in [1.82, 2.24) is 20.1 Å². The highest BCUT2D eigenvalue weighted by Crippen LogP contribution is 2.37. The van der Waals surface area contributed by atoms with E-state index in [9.17, 15) is 9.90 Å². The predicted molar refractivity (Wildman–Crippen MR) is 89.8 cm³/mol. The van der Waals surface area contributed by atoms with Crippen molar-refractivity contribution in [2.24, 2.45) is 0 Å². The summed E-state index contributed by atoms with van der Waals surface area (Å²) in [6.07, 6.45) is 2.97. The summed E-state index contributed by atoms with van der Waals surface area (Å²) in [6, 6.07) is 5.07. The average Bonchev–Trinajstić information content (AvgIpc) is 3.14. The lowest BCUT2D eigenvalue weighted by molar-refractivity contribution is -0.122. The SMILES string of the molecule is COc1cccc(/C=C2\SC(=S)N(Cc3ncn[nH]3)C2=O)c1O. The van der Waals surface area contributed by atoms with E-state index in [1.54, 1.807) is 24.3 Å². The fourth-order valence-electron chi connectivity index (χ4n) is 2.05. The van der Waals surface area contributed by atoms with Crippen molar-refractivity contribution < 1.29 is 14.6 Å². The van der Waals surface area contributed by atoms with Crippen LogP contribution < -0.4 is 4.74 Å². The van der Waals surface area contributed by atoms with Gasteiger partial charge in [-0.3, -0.25) is 14.8 Å². The molecular weight excluding hydrogens is 336 g/mol. The Labute approximate surface area is 141 Å². The number of thioether (sulfide) groups is 1. The highest BCUT2D eigenvalue weighted by atomic mass is 32.2. The van der Waals surface area contributed by atoms with Gasteiger partial charge in [-0.15, -0.1) is 0 Å². The van der Waals surface area contributed by atoms with Gasteiger partial charge < -0.3 is 9.84 Å². The van der Waals surface area contributed by atoms with Gasteiger partial charge in [0.2, 0.25) is 0 Å². The zero-order valence-corrected chi connectivity index (χ0v) is 13.6. The summed E-state index contributed by atoms with van der Waals surface area (Å²) in [5.74, 6) is 0.636. The minimum atomic E-state index is -0.237. The number of methoxy groups -OCH3 is 1. The van der Waals surface area contributed by atoms with Gasteiger partial charge in [0.15, 0.2) is 11.5 Å². The zero-order chi connectivity index (χ0) is 16.4.